The Kier molecular flexibility index (Phi) is 10.6. The largest absolute Gasteiger partial charge is 0.530 e. The summed E-state index contributed by atoms with van der Waals surface area (Å²) in [7, 11) is -4.09. The second-order valence-corrected chi connectivity index (χ2v) is 9.12. The number of amides is 1. The van der Waals surface area contributed by atoms with Crippen LogP contribution in [0.4, 0.5) is 9.18 Å². The standard InChI is InChI=1S/C21H29FNO8P/c1-6-10-28-32(27,29-11-7-2)31-18-9-8-15(12-16(18)14-22)13-17(19(24)25)23-20(26)30-21(3,4)5/h6-9,12,17H,1-2,10-11,13-14H2,3-5H3,(H,23,26)(H,24,25). The van der Waals surface area contributed by atoms with E-state index in [1.807, 2.05) is 0 Å². The second-order valence-electron chi connectivity index (χ2n) is 7.52. The zero-order chi connectivity index (χ0) is 24.4. The van der Waals surface area contributed by atoms with Crippen LogP contribution >= 0.6 is 7.82 Å². The minimum absolute atomic E-state index is 0.00598. The minimum Gasteiger partial charge on any atom is -0.480 e. The van der Waals surface area contributed by atoms with E-state index >= 15 is 0 Å². The molecule has 0 aliphatic heterocycles. The van der Waals surface area contributed by atoms with Crippen LogP contribution < -0.4 is 9.84 Å². The van der Waals surface area contributed by atoms with Gasteiger partial charge in [-0.15, -0.1) is 13.2 Å². The average Bonchev–Trinajstić information content (AvgIpc) is 2.70. The number of phosphoric ester groups is 1. The van der Waals surface area contributed by atoms with E-state index in [0.717, 1.165) is 0 Å². The van der Waals surface area contributed by atoms with E-state index in [0.29, 0.717) is 5.56 Å². The molecule has 1 unspecified atom stereocenters. The van der Waals surface area contributed by atoms with E-state index < -0.39 is 38.2 Å². The van der Waals surface area contributed by atoms with Gasteiger partial charge in [-0.3, -0.25) is 9.05 Å². The molecule has 178 valence electrons. The summed E-state index contributed by atoms with van der Waals surface area (Å²) in [6.45, 7) is 10.6. The second kappa shape index (κ2) is 12.4. The van der Waals surface area contributed by atoms with Crippen LogP contribution in [0.15, 0.2) is 43.5 Å². The van der Waals surface area contributed by atoms with E-state index in [1.165, 1.54) is 30.4 Å². The van der Waals surface area contributed by atoms with Gasteiger partial charge in [-0.05, 0) is 38.5 Å². The number of carbonyl (C=O) groups is 2. The molecule has 1 aromatic carbocycles. The number of carboxylic acid groups (broad SMARTS) is 1. The molecule has 32 heavy (non-hydrogen) atoms. The molecule has 1 atom stereocenters. The lowest BCUT2D eigenvalue weighted by Crippen LogP contribution is -2.44. The zero-order valence-corrected chi connectivity index (χ0v) is 19.2. The smallest absolute Gasteiger partial charge is 0.480 e. The molecule has 9 nitrogen and oxygen atoms in total. The van der Waals surface area contributed by atoms with Gasteiger partial charge >= 0.3 is 19.9 Å². The number of ether oxygens (including phenoxy) is 1. The molecule has 0 radical (unpaired) electrons. The first kappa shape index (κ1) is 27.4. The van der Waals surface area contributed by atoms with Crippen LogP contribution in [0.2, 0.25) is 0 Å². The Morgan fingerprint density at radius 1 is 1.22 bits per heavy atom. The summed E-state index contributed by atoms with van der Waals surface area (Å²) in [5.41, 5.74) is -0.418. The van der Waals surface area contributed by atoms with Gasteiger partial charge in [0.25, 0.3) is 0 Å². The molecular weight excluding hydrogens is 444 g/mol. The minimum atomic E-state index is -4.09. The molecule has 0 fully saturated rings. The van der Waals surface area contributed by atoms with E-state index in [9.17, 15) is 23.7 Å². The molecule has 0 aliphatic carbocycles. The predicted molar refractivity (Wildman–Crippen MR) is 116 cm³/mol. The van der Waals surface area contributed by atoms with Crippen LogP contribution in [-0.4, -0.2) is 42.0 Å². The summed E-state index contributed by atoms with van der Waals surface area (Å²) in [5.74, 6) is -1.39. The van der Waals surface area contributed by atoms with Gasteiger partial charge in [0.05, 0.1) is 13.2 Å². The van der Waals surface area contributed by atoms with Gasteiger partial charge in [-0.2, -0.15) is 0 Å². The van der Waals surface area contributed by atoms with Gasteiger partial charge < -0.3 is 19.7 Å². The van der Waals surface area contributed by atoms with Crippen molar-refractivity contribution in [1.82, 2.24) is 5.32 Å². The molecule has 11 heteroatoms. The molecule has 0 aromatic heterocycles. The van der Waals surface area contributed by atoms with Crippen molar-refractivity contribution in [3.05, 3.63) is 54.6 Å². The number of phosphoric acid groups is 1. The lowest BCUT2D eigenvalue weighted by Gasteiger charge is -2.22. The summed E-state index contributed by atoms with van der Waals surface area (Å²) in [6.07, 6.45) is 1.64. The molecule has 0 saturated heterocycles. The molecule has 0 bridgehead atoms. The fraction of sp³-hybridized carbons (Fsp3) is 0.429. The van der Waals surface area contributed by atoms with E-state index in [4.69, 9.17) is 18.3 Å². The van der Waals surface area contributed by atoms with Gasteiger partial charge in [0.15, 0.2) is 0 Å². The fourth-order valence-electron chi connectivity index (χ4n) is 2.34. The fourth-order valence-corrected chi connectivity index (χ4v) is 3.51. The Balaban J connectivity index is 3.04. The average molecular weight is 473 g/mol. The molecule has 0 heterocycles. The number of carboxylic acids is 1. The maximum absolute atomic E-state index is 13.6. The third-order valence-corrected chi connectivity index (χ3v) is 4.96. The monoisotopic (exact) mass is 473 g/mol. The molecule has 0 spiro atoms. The van der Waals surface area contributed by atoms with Crippen molar-refractivity contribution in [3.63, 3.8) is 0 Å². The Morgan fingerprint density at radius 2 is 1.81 bits per heavy atom. The number of alkyl carbamates (subject to hydrolysis) is 1. The number of rotatable bonds is 13. The SMILES string of the molecule is C=CCOP(=O)(OCC=C)Oc1ccc(CC(NC(=O)OC(C)(C)C)C(=O)O)cc1CF. The van der Waals surface area contributed by atoms with Crippen molar-refractivity contribution in [3.8, 4) is 5.75 Å². The molecule has 2 N–H and O–H groups in total. The van der Waals surface area contributed by atoms with Crippen LogP contribution in [0.3, 0.4) is 0 Å². The van der Waals surface area contributed by atoms with Crippen molar-refractivity contribution < 1.29 is 42.0 Å². The summed E-state index contributed by atoms with van der Waals surface area (Å²) in [4.78, 5) is 23.5. The van der Waals surface area contributed by atoms with Crippen molar-refractivity contribution >= 4 is 19.9 Å². The number of nitrogens with one attached hydrogen (secondary N) is 1. The molecule has 1 rings (SSSR count). The molecule has 0 saturated carbocycles. The Hall–Kier alpha value is -2.68. The first-order valence-electron chi connectivity index (χ1n) is 9.63. The van der Waals surface area contributed by atoms with Crippen LogP contribution in [0, 0.1) is 0 Å². The van der Waals surface area contributed by atoms with Crippen molar-refractivity contribution in [1.29, 1.82) is 0 Å². The van der Waals surface area contributed by atoms with Gasteiger partial charge in [0, 0.05) is 12.0 Å². The number of carbonyl (C=O) groups excluding carboxylic acids is 1. The maximum atomic E-state index is 13.6. The van der Waals surface area contributed by atoms with E-state index in [2.05, 4.69) is 18.5 Å². The molecule has 1 amide bonds. The quantitative estimate of drug-likeness (QED) is 0.316. The van der Waals surface area contributed by atoms with Crippen LogP contribution in [0.25, 0.3) is 0 Å². The topological polar surface area (TPSA) is 120 Å². The third-order valence-electron chi connectivity index (χ3n) is 3.61. The van der Waals surface area contributed by atoms with Crippen LogP contribution in [0.5, 0.6) is 5.75 Å². The zero-order valence-electron chi connectivity index (χ0n) is 18.3. The third kappa shape index (κ3) is 9.64. The number of benzene rings is 1. The number of alkyl halides is 1. The predicted octanol–water partition coefficient (Wildman–Crippen LogP) is 4.57. The highest BCUT2D eigenvalue weighted by molar-refractivity contribution is 7.48. The van der Waals surface area contributed by atoms with E-state index in [-0.39, 0.29) is 30.9 Å². The molecular formula is C21H29FNO8P. The summed E-state index contributed by atoms with van der Waals surface area (Å²) >= 11 is 0. The number of hydrogen-bond acceptors (Lipinski definition) is 7. The highest BCUT2D eigenvalue weighted by atomic mass is 31.2. The highest BCUT2D eigenvalue weighted by Gasteiger charge is 2.29. The first-order chi connectivity index (χ1) is 14.9. The van der Waals surface area contributed by atoms with Crippen molar-refractivity contribution in [2.45, 2.75) is 45.5 Å². The van der Waals surface area contributed by atoms with Crippen LogP contribution in [0.1, 0.15) is 31.9 Å². The van der Waals surface area contributed by atoms with Gasteiger partial charge in [-0.1, -0.05) is 18.2 Å². The molecule has 0 aliphatic rings. The van der Waals surface area contributed by atoms with Crippen molar-refractivity contribution in [2.24, 2.45) is 0 Å². The highest BCUT2D eigenvalue weighted by Crippen LogP contribution is 2.50. The number of aliphatic carboxylic acids is 1. The van der Waals surface area contributed by atoms with E-state index in [1.54, 1.807) is 20.8 Å². The number of halogens is 1. The Bertz CT molecular complexity index is 852. The normalized spacial score (nSPS) is 12.5. The Morgan fingerprint density at radius 3 is 2.28 bits per heavy atom. The summed E-state index contributed by atoms with van der Waals surface area (Å²) < 4.78 is 46.9. The lowest BCUT2D eigenvalue weighted by molar-refractivity contribution is -0.139. The summed E-state index contributed by atoms with van der Waals surface area (Å²) in [5, 5.41) is 11.7. The first-order valence-corrected chi connectivity index (χ1v) is 11.1. The van der Waals surface area contributed by atoms with Gasteiger partial charge in [0.2, 0.25) is 0 Å². The Labute approximate surface area is 186 Å². The number of hydrogen-bond donors (Lipinski definition) is 2. The lowest BCUT2D eigenvalue weighted by atomic mass is 10.0. The van der Waals surface area contributed by atoms with Crippen LogP contribution in [-0.2, 0) is 36.2 Å². The molecule has 1 aromatic rings. The van der Waals surface area contributed by atoms with Gasteiger partial charge in [0.1, 0.15) is 24.1 Å². The maximum Gasteiger partial charge on any atom is 0.530 e. The van der Waals surface area contributed by atoms with Crippen molar-refractivity contribution in [2.75, 3.05) is 13.2 Å². The van der Waals surface area contributed by atoms with Gasteiger partial charge in [-0.25, -0.2) is 18.5 Å². The summed E-state index contributed by atoms with van der Waals surface area (Å²) in [6, 6.07) is 2.79.